The second-order valence-corrected chi connectivity index (χ2v) is 8.47. The number of ether oxygens (including phenoxy) is 2. The summed E-state index contributed by atoms with van der Waals surface area (Å²) in [5.41, 5.74) is 2.02. The third-order valence-electron chi connectivity index (χ3n) is 5.99. The summed E-state index contributed by atoms with van der Waals surface area (Å²) in [5, 5.41) is 9.29. The highest BCUT2D eigenvalue weighted by molar-refractivity contribution is 5.87. The molecule has 6 heteroatoms. The molecule has 4 aromatic rings. The minimum absolute atomic E-state index is 0.149. The summed E-state index contributed by atoms with van der Waals surface area (Å²) in [5.74, 6) is 1.61. The van der Waals surface area contributed by atoms with Gasteiger partial charge in [0.1, 0.15) is 17.2 Å². The van der Waals surface area contributed by atoms with Gasteiger partial charge in [-0.2, -0.15) is 5.26 Å². The Kier molecular flexibility index (Phi) is 6.07. The molecular formula is C29H22FNO4. The fraction of sp³-hybridized carbons (Fsp3) is 0.172. The van der Waals surface area contributed by atoms with Crippen molar-refractivity contribution in [2.24, 2.45) is 5.92 Å². The van der Waals surface area contributed by atoms with Gasteiger partial charge in [0.25, 0.3) is 0 Å². The predicted molar refractivity (Wildman–Crippen MR) is 133 cm³/mol. The highest BCUT2D eigenvalue weighted by atomic mass is 19.1. The zero-order chi connectivity index (χ0) is 24.4. The zero-order valence-electron chi connectivity index (χ0n) is 19.1. The Bertz CT molecular complexity index is 1530. The molecule has 1 heterocycles. The SMILES string of the molecule is COc1cccc(C=Cc2oc3ccc(F)cc3c(=O)c2-c2ccc(C#N)cc2)c1OCC1CC1. The standard InChI is InChI=1S/C29H22FNO4/c1-33-26-4-2-3-21(29(26)34-17-19-5-6-19)11-13-25-27(20-9-7-18(16-31)8-10-20)28(32)23-15-22(30)12-14-24(23)35-25/h2-4,7-15,19H,5-6,17H2,1H3. The van der Waals surface area contributed by atoms with E-state index in [0.717, 1.165) is 18.4 Å². The number of methoxy groups -OCH3 is 1. The van der Waals surface area contributed by atoms with Crippen molar-refractivity contribution >= 4 is 23.1 Å². The summed E-state index contributed by atoms with van der Waals surface area (Å²) < 4.78 is 31.6. The van der Waals surface area contributed by atoms with E-state index in [0.29, 0.717) is 40.9 Å². The first kappa shape index (κ1) is 22.4. The van der Waals surface area contributed by atoms with Crippen LogP contribution in [0.15, 0.2) is 69.9 Å². The van der Waals surface area contributed by atoms with E-state index in [1.807, 2.05) is 24.3 Å². The lowest BCUT2D eigenvalue weighted by Crippen LogP contribution is -2.08. The van der Waals surface area contributed by atoms with E-state index in [2.05, 4.69) is 6.07 Å². The summed E-state index contributed by atoms with van der Waals surface area (Å²) in [6.07, 6.45) is 5.84. The Hall–Kier alpha value is -4.37. The molecule has 1 aliphatic rings. The largest absolute Gasteiger partial charge is 0.493 e. The molecule has 1 aliphatic carbocycles. The molecule has 5 nitrogen and oxygen atoms in total. The van der Waals surface area contributed by atoms with Gasteiger partial charge in [-0.15, -0.1) is 0 Å². The number of hydrogen-bond acceptors (Lipinski definition) is 5. The summed E-state index contributed by atoms with van der Waals surface area (Å²) >= 11 is 0. The second kappa shape index (κ2) is 9.47. The van der Waals surface area contributed by atoms with Crippen molar-refractivity contribution < 1.29 is 18.3 Å². The molecule has 0 radical (unpaired) electrons. The maximum absolute atomic E-state index is 13.9. The van der Waals surface area contributed by atoms with E-state index in [1.165, 1.54) is 18.2 Å². The van der Waals surface area contributed by atoms with Crippen LogP contribution in [0.1, 0.15) is 29.7 Å². The van der Waals surface area contributed by atoms with Crippen molar-refractivity contribution in [3.8, 4) is 28.7 Å². The number of rotatable bonds is 7. The number of halogens is 1. The monoisotopic (exact) mass is 467 g/mol. The summed E-state index contributed by atoms with van der Waals surface area (Å²) in [4.78, 5) is 13.4. The van der Waals surface area contributed by atoms with Gasteiger partial charge >= 0.3 is 0 Å². The van der Waals surface area contributed by atoms with Crippen LogP contribution in [0.25, 0.3) is 34.2 Å². The van der Waals surface area contributed by atoms with Crippen molar-refractivity contribution in [2.75, 3.05) is 13.7 Å². The van der Waals surface area contributed by atoms with Crippen LogP contribution in [0.4, 0.5) is 4.39 Å². The molecule has 0 N–H and O–H groups in total. The van der Waals surface area contributed by atoms with Gasteiger partial charge in [-0.3, -0.25) is 4.79 Å². The molecule has 0 aliphatic heterocycles. The van der Waals surface area contributed by atoms with E-state index >= 15 is 0 Å². The fourth-order valence-corrected chi connectivity index (χ4v) is 3.92. The Labute approximate surface area is 201 Å². The van der Waals surface area contributed by atoms with Gasteiger partial charge in [0.2, 0.25) is 5.43 Å². The Balaban J connectivity index is 1.64. The molecule has 174 valence electrons. The van der Waals surface area contributed by atoms with Crippen molar-refractivity contribution in [3.63, 3.8) is 0 Å². The van der Waals surface area contributed by atoms with Gasteiger partial charge in [0.15, 0.2) is 11.5 Å². The normalized spacial score (nSPS) is 13.2. The molecule has 0 atom stereocenters. The molecule has 1 fully saturated rings. The molecule has 0 bridgehead atoms. The van der Waals surface area contributed by atoms with Crippen molar-refractivity contribution in [1.29, 1.82) is 5.26 Å². The highest BCUT2D eigenvalue weighted by Gasteiger charge is 2.23. The molecule has 3 aromatic carbocycles. The maximum atomic E-state index is 13.9. The van der Waals surface area contributed by atoms with Gasteiger partial charge in [-0.1, -0.05) is 24.3 Å². The zero-order valence-corrected chi connectivity index (χ0v) is 19.1. The van der Waals surface area contributed by atoms with E-state index in [1.54, 1.807) is 37.5 Å². The third-order valence-corrected chi connectivity index (χ3v) is 5.99. The molecule has 0 amide bonds. The first-order chi connectivity index (χ1) is 17.1. The van der Waals surface area contributed by atoms with Crippen LogP contribution < -0.4 is 14.9 Å². The molecular weight excluding hydrogens is 445 g/mol. The summed E-state index contributed by atoms with van der Waals surface area (Å²) in [6, 6.07) is 18.2. The molecule has 1 aromatic heterocycles. The second-order valence-electron chi connectivity index (χ2n) is 8.47. The van der Waals surface area contributed by atoms with Crippen LogP contribution in [0.5, 0.6) is 11.5 Å². The number of nitrogens with zero attached hydrogens (tertiary/aromatic N) is 1. The minimum Gasteiger partial charge on any atom is -0.493 e. The maximum Gasteiger partial charge on any atom is 0.201 e. The third kappa shape index (κ3) is 4.67. The summed E-state index contributed by atoms with van der Waals surface area (Å²) in [6.45, 7) is 0.619. The van der Waals surface area contributed by atoms with Crippen molar-refractivity contribution in [1.82, 2.24) is 0 Å². The van der Waals surface area contributed by atoms with Crippen molar-refractivity contribution in [3.05, 3.63) is 93.6 Å². The number of benzene rings is 3. The fourth-order valence-electron chi connectivity index (χ4n) is 3.92. The average Bonchev–Trinajstić information content (AvgIpc) is 3.71. The molecule has 0 saturated heterocycles. The first-order valence-electron chi connectivity index (χ1n) is 11.3. The highest BCUT2D eigenvalue weighted by Crippen LogP contribution is 2.36. The van der Waals surface area contributed by atoms with Crippen LogP contribution in [0.2, 0.25) is 0 Å². The van der Waals surface area contributed by atoms with Crippen LogP contribution >= 0.6 is 0 Å². The number of nitriles is 1. The molecule has 35 heavy (non-hydrogen) atoms. The topological polar surface area (TPSA) is 72.5 Å². The molecule has 0 unspecified atom stereocenters. The smallest absolute Gasteiger partial charge is 0.201 e. The van der Waals surface area contributed by atoms with E-state index in [9.17, 15) is 9.18 Å². The molecule has 5 rings (SSSR count). The number of hydrogen-bond donors (Lipinski definition) is 0. The lowest BCUT2D eigenvalue weighted by Gasteiger charge is -2.13. The molecule has 0 spiro atoms. The van der Waals surface area contributed by atoms with Crippen molar-refractivity contribution in [2.45, 2.75) is 12.8 Å². The minimum atomic E-state index is -0.521. The number of para-hydroxylation sites is 1. The first-order valence-corrected chi connectivity index (χ1v) is 11.3. The Morgan fingerprint density at radius 1 is 1.11 bits per heavy atom. The van der Waals surface area contributed by atoms with Crippen LogP contribution in [-0.4, -0.2) is 13.7 Å². The lowest BCUT2D eigenvalue weighted by atomic mass is 10.00. The lowest BCUT2D eigenvalue weighted by molar-refractivity contribution is 0.280. The van der Waals surface area contributed by atoms with E-state index in [-0.39, 0.29) is 22.0 Å². The van der Waals surface area contributed by atoms with E-state index in [4.69, 9.17) is 19.2 Å². The number of fused-ring (bicyclic) bond motifs is 1. The Morgan fingerprint density at radius 2 is 1.91 bits per heavy atom. The molecule has 1 saturated carbocycles. The van der Waals surface area contributed by atoms with Crippen LogP contribution in [-0.2, 0) is 0 Å². The van der Waals surface area contributed by atoms with E-state index < -0.39 is 5.82 Å². The van der Waals surface area contributed by atoms with Gasteiger partial charge in [-0.25, -0.2) is 4.39 Å². The van der Waals surface area contributed by atoms with Crippen LogP contribution in [0, 0.1) is 23.1 Å². The predicted octanol–water partition coefficient (Wildman–Crippen LogP) is 6.44. The Morgan fingerprint density at radius 3 is 2.63 bits per heavy atom. The summed E-state index contributed by atoms with van der Waals surface area (Å²) in [7, 11) is 1.59. The van der Waals surface area contributed by atoms with Crippen LogP contribution in [0.3, 0.4) is 0 Å². The van der Waals surface area contributed by atoms with Gasteiger partial charge in [0.05, 0.1) is 36.3 Å². The quantitative estimate of drug-likeness (QED) is 0.313. The van der Waals surface area contributed by atoms with Gasteiger partial charge < -0.3 is 13.9 Å². The van der Waals surface area contributed by atoms with Gasteiger partial charge in [0, 0.05) is 5.56 Å². The average molecular weight is 467 g/mol. The van der Waals surface area contributed by atoms with Gasteiger partial charge in [-0.05, 0) is 72.9 Å².